The van der Waals surface area contributed by atoms with Gasteiger partial charge in [-0.05, 0) is 42.5 Å². The third-order valence-corrected chi connectivity index (χ3v) is 7.81. The molecule has 1 aliphatic carbocycles. The minimum atomic E-state index is -1.06. The Labute approximate surface area is 219 Å². The first-order chi connectivity index (χ1) is 17.8. The van der Waals surface area contributed by atoms with Gasteiger partial charge < -0.3 is 29.0 Å². The molecule has 2 aliphatic rings. The van der Waals surface area contributed by atoms with Gasteiger partial charge in [-0.15, -0.1) is 11.3 Å². The van der Waals surface area contributed by atoms with E-state index >= 15 is 0 Å². The number of dihydropyridines is 1. The predicted molar refractivity (Wildman–Crippen MR) is 136 cm³/mol. The zero-order chi connectivity index (χ0) is 26.9. The highest BCUT2D eigenvalue weighted by atomic mass is 32.1. The van der Waals surface area contributed by atoms with Crippen molar-refractivity contribution in [2.75, 3.05) is 35.5 Å². The highest BCUT2D eigenvalue weighted by Gasteiger charge is 2.49. The number of carbonyl (C=O) groups excluding carboxylic acids is 3. The third-order valence-electron chi connectivity index (χ3n) is 6.81. The average Bonchev–Trinajstić information content (AvgIpc) is 3.45. The molecule has 4 rings (SSSR count). The molecule has 2 heterocycles. The Morgan fingerprint density at radius 1 is 1.00 bits per heavy atom. The van der Waals surface area contributed by atoms with E-state index in [2.05, 4.69) is 5.32 Å². The van der Waals surface area contributed by atoms with Crippen molar-refractivity contribution >= 4 is 29.1 Å². The summed E-state index contributed by atoms with van der Waals surface area (Å²) in [4.78, 5) is 41.1. The number of carbonyl (C=O) groups is 3. The fourth-order valence-corrected chi connectivity index (χ4v) is 6.05. The van der Waals surface area contributed by atoms with Gasteiger partial charge in [-0.1, -0.05) is 6.07 Å². The molecule has 0 saturated carbocycles. The minimum Gasteiger partial charge on any atom is -0.493 e. The molecule has 1 N–H and O–H groups in total. The van der Waals surface area contributed by atoms with E-state index in [1.165, 1.54) is 46.9 Å². The van der Waals surface area contributed by atoms with E-state index in [1.54, 1.807) is 19.1 Å². The molecule has 10 heteroatoms. The second kappa shape index (κ2) is 10.7. The lowest BCUT2D eigenvalue weighted by Gasteiger charge is -2.39. The maximum absolute atomic E-state index is 14.2. The minimum absolute atomic E-state index is 0.252. The summed E-state index contributed by atoms with van der Waals surface area (Å²) < 4.78 is 26.7. The van der Waals surface area contributed by atoms with Crippen molar-refractivity contribution in [2.24, 2.45) is 5.92 Å². The number of thiophene rings is 1. The topological polar surface area (TPSA) is 109 Å². The SMILES string of the molecule is COC(=O)C1=C(C)NC2=C(C(=O)[C@@H](C(=O)OC)[C@@H](c3cccs3)C2)[C@@H]1c1cc(OC)c(OC)c(OC)c1. The summed E-state index contributed by atoms with van der Waals surface area (Å²) in [6.45, 7) is 1.76. The Kier molecular flexibility index (Phi) is 7.58. The average molecular weight is 528 g/mol. The fraction of sp³-hybridized carbons (Fsp3) is 0.370. The number of esters is 2. The maximum atomic E-state index is 14.2. The van der Waals surface area contributed by atoms with Gasteiger partial charge >= 0.3 is 11.9 Å². The quantitative estimate of drug-likeness (QED) is 0.426. The molecule has 196 valence electrons. The zero-order valence-corrected chi connectivity index (χ0v) is 22.3. The van der Waals surface area contributed by atoms with Gasteiger partial charge in [0.15, 0.2) is 17.3 Å². The van der Waals surface area contributed by atoms with Crippen LogP contribution >= 0.6 is 11.3 Å². The van der Waals surface area contributed by atoms with Crippen LogP contribution in [0.15, 0.2) is 52.2 Å². The van der Waals surface area contributed by atoms with E-state index in [0.29, 0.717) is 46.2 Å². The van der Waals surface area contributed by atoms with E-state index < -0.39 is 35.5 Å². The van der Waals surface area contributed by atoms with Crippen LogP contribution in [0.1, 0.15) is 35.6 Å². The third kappa shape index (κ3) is 4.46. The van der Waals surface area contributed by atoms with Crippen molar-refractivity contribution in [2.45, 2.75) is 25.2 Å². The summed E-state index contributed by atoms with van der Waals surface area (Å²) in [7, 11) is 7.02. The molecule has 1 aromatic carbocycles. The molecule has 0 spiro atoms. The summed E-state index contributed by atoms with van der Waals surface area (Å²) in [5, 5.41) is 5.17. The van der Waals surface area contributed by atoms with E-state index in [0.717, 1.165) is 4.88 Å². The predicted octanol–water partition coefficient (Wildman–Crippen LogP) is 3.71. The maximum Gasteiger partial charge on any atom is 0.336 e. The lowest BCUT2D eigenvalue weighted by Crippen LogP contribution is -2.43. The Hall–Kier alpha value is -3.79. The summed E-state index contributed by atoms with van der Waals surface area (Å²) in [5.41, 5.74) is 2.31. The van der Waals surface area contributed by atoms with Crippen LogP contribution in [-0.2, 0) is 23.9 Å². The Balaban J connectivity index is 1.97. The van der Waals surface area contributed by atoms with Gasteiger partial charge in [0.05, 0.1) is 41.1 Å². The van der Waals surface area contributed by atoms with Gasteiger partial charge in [0.1, 0.15) is 5.92 Å². The van der Waals surface area contributed by atoms with Crippen LogP contribution < -0.4 is 19.5 Å². The molecule has 9 nitrogen and oxygen atoms in total. The fourth-order valence-electron chi connectivity index (χ4n) is 5.18. The lowest BCUT2D eigenvalue weighted by molar-refractivity contribution is -0.149. The summed E-state index contributed by atoms with van der Waals surface area (Å²) in [6.07, 6.45) is 0.383. The number of benzene rings is 1. The van der Waals surface area contributed by atoms with Crippen LogP contribution in [0.3, 0.4) is 0 Å². The summed E-state index contributed by atoms with van der Waals surface area (Å²) in [6, 6.07) is 7.19. The van der Waals surface area contributed by atoms with Crippen molar-refractivity contribution in [3.63, 3.8) is 0 Å². The summed E-state index contributed by atoms with van der Waals surface area (Å²) >= 11 is 1.48. The molecule has 0 unspecified atom stereocenters. The van der Waals surface area contributed by atoms with Crippen LogP contribution in [0.5, 0.6) is 17.2 Å². The number of Topliss-reactive ketones (excluding diaryl/α,β-unsaturated/α-hetero) is 1. The summed E-state index contributed by atoms with van der Waals surface area (Å²) in [5.74, 6) is -2.84. The van der Waals surface area contributed by atoms with Crippen LogP contribution in [-0.4, -0.2) is 53.3 Å². The zero-order valence-electron chi connectivity index (χ0n) is 21.5. The Morgan fingerprint density at radius 3 is 2.19 bits per heavy atom. The molecule has 0 fully saturated rings. The first-order valence-electron chi connectivity index (χ1n) is 11.6. The monoisotopic (exact) mass is 527 g/mol. The molecule has 37 heavy (non-hydrogen) atoms. The smallest absolute Gasteiger partial charge is 0.336 e. The van der Waals surface area contributed by atoms with Gasteiger partial charge in [-0.2, -0.15) is 0 Å². The molecule has 0 saturated heterocycles. The van der Waals surface area contributed by atoms with Crippen LogP contribution in [0.25, 0.3) is 0 Å². The lowest BCUT2D eigenvalue weighted by atomic mass is 9.68. The number of hydrogen-bond donors (Lipinski definition) is 1. The number of nitrogens with one attached hydrogen (secondary N) is 1. The van der Waals surface area contributed by atoms with E-state index in [-0.39, 0.29) is 5.57 Å². The number of hydrogen-bond acceptors (Lipinski definition) is 10. The molecule has 1 aliphatic heterocycles. The normalized spacial score (nSPS) is 21.1. The van der Waals surface area contributed by atoms with Crippen molar-refractivity contribution in [1.82, 2.24) is 5.32 Å². The second-order valence-electron chi connectivity index (χ2n) is 8.63. The number of ketones is 1. The molecule has 3 atom stereocenters. The van der Waals surface area contributed by atoms with Crippen LogP contribution in [0.2, 0.25) is 0 Å². The molecule has 0 bridgehead atoms. The van der Waals surface area contributed by atoms with Gasteiger partial charge in [0.2, 0.25) is 5.75 Å². The molecule has 0 radical (unpaired) electrons. The first-order valence-corrected chi connectivity index (χ1v) is 12.4. The van der Waals surface area contributed by atoms with Crippen molar-refractivity contribution < 1.29 is 38.1 Å². The molecular formula is C27H29NO8S. The molecular weight excluding hydrogens is 498 g/mol. The van der Waals surface area contributed by atoms with Gasteiger partial charge in [0.25, 0.3) is 0 Å². The highest BCUT2D eigenvalue weighted by molar-refractivity contribution is 7.10. The second-order valence-corrected chi connectivity index (χ2v) is 9.61. The van der Waals surface area contributed by atoms with E-state index in [9.17, 15) is 14.4 Å². The Morgan fingerprint density at radius 2 is 1.68 bits per heavy atom. The van der Waals surface area contributed by atoms with Crippen LogP contribution in [0, 0.1) is 5.92 Å². The van der Waals surface area contributed by atoms with Crippen molar-refractivity contribution in [3.8, 4) is 17.2 Å². The number of ether oxygens (including phenoxy) is 5. The van der Waals surface area contributed by atoms with Crippen LogP contribution in [0.4, 0.5) is 0 Å². The van der Waals surface area contributed by atoms with Crippen molar-refractivity contribution in [1.29, 1.82) is 0 Å². The molecule has 0 amide bonds. The standard InChI is InChI=1S/C27H29NO8S/c1-13-20(26(30)35-5)21(14-10-17(32-2)25(34-4)18(11-14)33-3)23-16(28-13)12-15(19-8-7-9-37-19)22(24(23)29)27(31)36-6/h7-11,15,21-22,28H,12H2,1-6H3/t15-,21-,22+/m1/s1. The first kappa shape index (κ1) is 26.3. The number of rotatable bonds is 7. The van der Waals surface area contributed by atoms with Gasteiger partial charge in [0, 0.05) is 33.7 Å². The van der Waals surface area contributed by atoms with E-state index in [4.69, 9.17) is 23.7 Å². The van der Waals surface area contributed by atoms with Crippen molar-refractivity contribution in [3.05, 3.63) is 62.6 Å². The van der Waals surface area contributed by atoms with Gasteiger partial charge in [-0.25, -0.2) is 4.79 Å². The Bertz CT molecular complexity index is 1270. The largest absolute Gasteiger partial charge is 0.493 e. The highest BCUT2D eigenvalue weighted by Crippen LogP contribution is 2.51. The van der Waals surface area contributed by atoms with Gasteiger partial charge in [-0.3, -0.25) is 9.59 Å². The number of methoxy groups -OCH3 is 5. The number of allylic oxidation sites excluding steroid dienone is 3. The molecule has 1 aromatic heterocycles. The van der Waals surface area contributed by atoms with E-state index in [1.807, 2.05) is 17.5 Å². The molecule has 2 aromatic rings.